The van der Waals surface area contributed by atoms with Gasteiger partial charge in [0.2, 0.25) is 0 Å². The minimum absolute atomic E-state index is 0.290. The van der Waals surface area contributed by atoms with Crippen LogP contribution in [0.3, 0.4) is 0 Å². The van der Waals surface area contributed by atoms with Crippen molar-refractivity contribution >= 4 is 0 Å². The van der Waals surface area contributed by atoms with Crippen LogP contribution in [0.1, 0.15) is 5.56 Å². The number of ether oxygens (including phenoxy) is 3. The van der Waals surface area contributed by atoms with Gasteiger partial charge in [-0.3, -0.25) is 0 Å². The van der Waals surface area contributed by atoms with E-state index in [-0.39, 0.29) is 6.29 Å². The minimum Gasteiger partial charge on any atom is -0.448 e. The van der Waals surface area contributed by atoms with E-state index in [0.717, 1.165) is 11.5 Å². The van der Waals surface area contributed by atoms with Crippen LogP contribution in [0, 0.1) is 6.92 Å². The molecule has 1 aromatic rings. The van der Waals surface area contributed by atoms with Crippen LogP contribution in [0.5, 0.6) is 11.5 Å². The Hall–Kier alpha value is -1.22. The molecule has 0 amide bonds. The summed E-state index contributed by atoms with van der Waals surface area (Å²) in [6.45, 7) is 2.47. The molecule has 3 nitrogen and oxygen atoms in total. The van der Waals surface area contributed by atoms with E-state index in [4.69, 9.17) is 14.2 Å². The summed E-state index contributed by atoms with van der Waals surface area (Å²) in [4.78, 5) is 0. The van der Waals surface area contributed by atoms with E-state index in [0.29, 0.717) is 6.61 Å². The molecule has 1 atom stereocenters. The molecular weight excluding hydrogens is 168 g/mol. The Morgan fingerprint density at radius 3 is 2.85 bits per heavy atom. The molecule has 0 aromatic heterocycles. The number of fused-ring (bicyclic) bond motifs is 1. The Bertz CT molecular complexity index is 309. The number of hydrogen-bond donors (Lipinski definition) is 0. The largest absolute Gasteiger partial charge is 0.448 e. The van der Waals surface area contributed by atoms with Gasteiger partial charge >= 0.3 is 0 Å². The van der Waals surface area contributed by atoms with E-state index in [9.17, 15) is 0 Å². The first-order valence-electron chi connectivity index (χ1n) is 4.22. The van der Waals surface area contributed by atoms with Crippen molar-refractivity contribution in [3.8, 4) is 11.5 Å². The molecule has 1 unspecified atom stereocenters. The van der Waals surface area contributed by atoms with Gasteiger partial charge in [-0.1, -0.05) is 6.07 Å². The van der Waals surface area contributed by atoms with Crippen molar-refractivity contribution < 1.29 is 14.2 Å². The molecular formula is C10H12O3. The Labute approximate surface area is 77.2 Å². The molecule has 0 spiro atoms. The Balaban J connectivity index is 2.16. The summed E-state index contributed by atoms with van der Waals surface area (Å²) >= 11 is 0. The van der Waals surface area contributed by atoms with Gasteiger partial charge in [0.05, 0.1) is 0 Å². The molecule has 3 heteroatoms. The van der Waals surface area contributed by atoms with E-state index in [1.165, 1.54) is 5.56 Å². The maximum absolute atomic E-state index is 5.48. The Morgan fingerprint density at radius 1 is 1.31 bits per heavy atom. The van der Waals surface area contributed by atoms with E-state index >= 15 is 0 Å². The van der Waals surface area contributed by atoms with Gasteiger partial charge in [-0.15, -0.1) is 0 Å². The van der Waals surface area contributed by atoms with E-state index in [1.807, 2.05) is 25.1 Å². The third-order valence-electron chi connectivity index (χ3n) is 1.92. The van der Waals surface area contributed by atoms with Gasteiger partial charge in [0.15, 0.2) is 11.5 Å². The van der Waals surface area contributed by atoms with Crippen LogP contribution in [0.2, 0.25) is 0 Å². The first-order valence-corrected chi connectivity index (χ1v) is 4.22. The molecule has 0 saturated heterocycles. The number of hydrogen-bond acceptors (Lipinski definition) is 3. The van der Waals surface area contributed by atoms with Gasteiger partial charge < -0.3 is 14.2 Å². The third kappa shape index (κ3) is 1.60. The fourth-order valence-electron chi connectivity index (χ4n) is 1.32. The second-order valence-electron chi connectivity index (χ2n) is 3.07. The number of aryl methyl sites for hydroxylation is 1. The van der Waals surface area contributed by atoms with Crippen molar-refractivity contribution in [3.63, 3.8) is 0 Å². The van der Waals surface area contributed by atoms with Crippen molar-refractivity contribution in [2.24, 2.45) is 0 Å². The fourth-order valence-corrected chi connectivity index (χ4v) is 1.32. The molecule has 1 aliphatic heterocycles. The van der Waals surface area contributed by atoms with Crippen molar-refractivity contribution in [3.05, 3.63) is 23.8 Å². The number of benzene rings is 1. The molecule has 13 heavy (non-hydrogen) atoms. The van der Waals surface area contributed by atoms with Crippen LogP contribution in [0.4, 0.5) is 0 Å². The van der Waals surface area contributed by atoms with Crippen molar-refractivity contribution in [1.29, 1.82) is 0 Å². The molecule has 70 valence electrons. The zero-order valence-electron chi connectivity index (χ0n) is 7.74. The van der Waals surface area contributed by atoms with Gasteiger partial charge in [0.1, 0.15) is 6.61 Å². The zero-order valence-corrected chi connectivity index (χ0v) is 7.74. The highest BCUT2D eigenvalue weighted by atomic mass is 16.7. The van der Waals surface area contributed by atoms with Crippen LogP contribution in [0.25, 0.3) is 0 Å². The topological polar surface area (TPSA) is 27.7 Å². The average Bonchev–Trinajstić information content (AvgIpc) is 2.46. The molecule has 0 fully saturated rings. The Morgan fingerprint density at radius 2 is 2.08 bits per heavy atom. The lowest BCUT2D eigenvalue weighted by molar-refractivity contribution is -0.0173. The van der Waals surface area contributed by atoms with Crippen molar-refractivity contribution in [2.45, 2.75) is 13.2 Å². The lowest BCUT2D eigenvalue weighted by Gasteiger charge is -2.07. The summed E-state index contributed by atoms with van der Waals surface area (Å²) in [5, 5.41) is 0. The highest BCUT2D eigenvalue weighted by Crippen LogP contribution is 2.34. The van der Waals surface area contributed by atoms with E-state index in [2.05, 4.69) is 0 Å². The average molecular weight is 180 g/mol. The molecule has 1 heterocycles. The van der Waals surface area contributed by atoms with E-state index < -0.39 is 0 Å². The maximum atomic E-state index is 5.48. The van der Waals surface area contributed by atoms with E-state index in [1.54, 1.807) is 7.11 Å². The van der Waals surface area contributed by atoms with Gasteiger partial charge in [-0.25, -0.2) is 0 Å². The fraction of sp³-hybridized carbons (Fsp3) is 0.400. The second-order valence-corrected chi connectivity index (χ2v) is 3.07. The molecule has 0 saturated carbocycles. The monoisotopic (exact) mass is 180 g/mol. The normalized spacial score (nSPS) is 19.1. The quantitative estimate of drug-likeness (QED) is 0.693. The van der Waals surface area contributed by atoms with Crippen molar-refractivity contribution in [1.82, 2.24) is 0 Å². The summed E-state index contributed by atoms with van der Waals surface area (Å²) in [5.74, 6) is 1.61. The van der Waals surface area contributed by atoms with Gasteiger partial charge in [0, 0.05) is 7.11 Å². The zero-order chi connectivity index (χ0) is 9.26. The standard InChI is InChI=1S/C10H12O3/c1-7-3-4-8-9(5-7)13-10(12-8)6-11-2/h3-5,10H,6H2,1-2H3. The highest BCUT2D eigenvalue weighted by molar-refractivity contribution is 5.44. The molecule has 0 radical (unpaired) electrons. The summed E-state index contributed by atoms with van der Waals surface area (Å²) in [5.41, 5.74) is 1.17. The first kappa shape index (κ1) is 8.38. The molecule has 2 rings (SSSR count). The van der Waals surface area contributed by atoms with Crippen LogP contribution < -0.4 is 9.47 Å². The van der Waals surface area contributed by atoms with Crippen LogP contribution in [-0.2, 0) is 4.74 Å². The second kappa shape index (κ2) is 3.26. The summed E-state index contributed by atoms with van der Waals surface area (Å²) in [6.07, 6.45) is -0.290. The number of methoxy groups -OCH3 is 1. The van der Waals surface area contributed by atoms with Gasteiger partial charge in [-0.2, -0.15) is 0 Å². The number of rotatable bonds is 2. The lowest BCUT2D eigenvalue weighted by Crippen LogP contribution is -2.23. The van der Waals surface area contributed by atoms with Crippen LogP contribution in [-0.4, -0.2) is 20.0 Å². The molecule has 0 N–H and O–H groups in total. The Kier molecular flexibility index (Phi) is 2.10. The summed E-state index contributed by atoms with van der Waals surface area (Å²) < 4.78 is 15.9. The predicted octanol–water partition coefficient (Wildman–Crippen LogP) is 1.74. The summed E-state index contributed by atoms with van der Waals surface area (Å²) in [6, 6.07) is 5.88. The maximum Gasteiger partial charge on any atom is 0.264 e. The highest BCUT2D eigenvalue weighted by Gasteiger charge is 2.23. The predicted molar refractivity (Wildman–Crippen MR) is 48.1 cm³/mol. The molecule has 1 aliphatic rings. The smallest absolute Gasteiger partial charge is 0.264 e. The van der Waals surface area contributed by atoms with Crippen molar-refractivity contribution in [2.75, 3.05) is 13.7 Å². The van der Waals surface area contributed by atoms with Crippen LogP contribution >= 0.6 is 0 Å². The molecule has 1 aromatic carbocycles. The minimum atomic E-state index is -0.290. The first-order chi connectivity index (χ1) is 6.29. The summed E-state index contributed by atoms with van der Waals surface area (Å²) in [7, 11) is 1.63. The molecule has 0 aliphatic carbocycles. The van der Waals surface area contributed by atoms with Gasteiger partial charge in [0.25, 0.3) is 6.29 Å². The SMILES string of the molecule is COCC1Oc2ccc(C)cc2O1. The lowest BCUT2D eigenvalue weighted by atomic mass is 10.2. The van der Waals surface area contributed by atoms with Gasteiger partial charge in [-0.05, 0) is 24.6 Å². The molecule has 0 bridgehead atoms. The van der Waals surface area contributed by atoms with Crippen LogP contribution in [0.15, 0.2) is 18.2 Å². The third-order valence-corrected chi connectivity index (χ3v) is 1.92.